The smallest absolute Gasteiger partial charge is 0.220 e. The summed E-state index contributed by atoms with van der Waals surface area (Å²) in [6, 6.07) is 8.34. The number of benzene rings is 1. The molecule has 6 nitrogen and oxygen atoms in total. The van der Waals surface area contributed by atoms with Crippen molar-refractivity contribution in [3.05, 3.63) is 35.4 Å². The predicted octanol–water partition coefficient (Wildman–Crippen LogP) is 2.76. The minimum absolute atomic E-state index is 0. The van der Waals surface area contributed by atoms with Crippen LogP contribution < -0.4 is 10.6 Å². The Kier molecular flexibility index (Phi) is 11.3. The maximum Gasteiger partial charge on any atom is 0.220 e. The first-order chi connectivity index (χ1) is 12.7. The summed E-state index contributed by atoms with van der Waals surface area (Å²) < 4.78 is 5.56. The van der Waals surface area contributed by atoms with E-state index in [0.29, 0.717) is 25.6 Å². The quantitative estimate of drug-likeness (QED) is 0.352. The van der Waals surface area contributed by atoms with Gasteiger partial charge in [0, 0.05) is 46.8 Å². The van der Waals surface area contributed by atoms with Crippen LogP contribution in [-0.2, 0) is 22.7 Å². The van der Waals surface area contributed by atoms with Crippen molar-refractivity contribution in [1.82, 2.24) is 15.5 Å². The van der Waals surface area contributed by atoms with E-state index in [9.17, 15) is 4.79 Å². The van der Waals surface area contributed by atoms with Crippen molar-refractivity contribution < 1.29 is 9.53 Å². The molecule has 1 aromatic rings. The molecule has 1 saturated heterocycles. The molecule has 0 radical (unpaired) electrons. The maximum atomic E-state index is 11.5. The van der Waals surface area contributed by atoms with Crippen molar-refractivity contribution in [2.75, 3.05) is 33.8 Å². The van der Waals surface area contributed by atoms with Gasteiger partial charge in [0.15, 0.2) is 5.96 Å². The maximum absolute atomic E-state index is 11.5. The zero-order valence-electron chi connectivity index (χ0n) is 16.7. The Hall–Kier alpha value is -1.35. The summed E-state index contributed by atoms with van der Waals surface area (Å²) in [4.78, 5) is 18.3. The molecule has 0 atom stereocenters. The molecule has 7 heteroatoms. The summed E-state index contributed by atoms with van der Waals surface area (Å²) in [5, 5.41) is 6.20. The van der Waals surface area contributed by atoms with Crippen molar-refractivity contribution >= 4 is 35.8 Å². The Bertz CT molecular complexity index is 601. The molecule has 1 aliphatic heterocycles. The Morgan fingerprint density at radius 1 is 1.26 bits per heavy atom. The number of carbonyl (C=O) groups is 1. The first-order valence-electron chi connectivity index (χ1n) is 9.48. The number of nitrogens with one attached hydrogen (secondary N) is 2. The van der Waals surface area contributed by atoms with Crippen LogP contribution in [-0.4, -0.2) is 50.6 Å². The number of hydrogen-bond acceptors (Lipinski definition) is 3. The van der Waals surface area contributed by atoms with E-state index in [0.717, 1.165) is 38.4 Å². The van der Waals surface area contributed by atoms with Gasteiger partial charge in [-0.2, -0.15) is 0 Å². The minimum Gasteiger partial charge on any atom is -0.377 e. The number of likely N-dealkylation sites (tertiary alicyclic amines) is 1. The summed E-state index contributed by atoms with van der Waals surface area (Å²) in [7, 11) is 3.53. The van der Waals surface area contributed by atoms with Crippen LogP contribution in [0.4, 0.5) is 0 Å². The van der Waals surface area contributed by atoms with Crippen molar-refractivity contribution in [2.45, 2.75) is 39.3 Å². The van der Waals surface area contributed by atoms with E-state index in [2.05, 4.69) is 38.7 Å². The fraction of sp³-hybridized carbons (Fsp3) is 0.600. The fourth-order valence-electron chi connectivity index (χ4n) is 3.30. The van der Waals surface area contributed by atoms with Crippen molar-refractivity contribution in [1.29, 1.82) is 0 Å². The average molecular weight is 488 g/mol. The number of carbonyl (C=O) groups excluding carboxylic acids is 1. The van der Waals surface area contributed by atoms with Gasteiger partial charge in [0.2, 0.25) is 5.91 Å². The van der Waals surface area contributed by atoms with Gasteiger partial charge >= 0.3 is 0 Å². The van der Waals surface area contributed by atoms with Crippen LogP contribution in [0.15, 0.2) is 29.3 Å². The van der Waals surface area contributed by atoms with Gasteiger partial charge in [-0.1, -0.05) is 24.3 Å². The summed E-state index contributed by atoms with van der Waals surface area (Å²) >= 11 is 0. The zero-order chi connectivity index (χ0) is 18.8. The number of rotatable bonds is 7. The lowest BCUT2D eigenvalue weighted by Gasteiger charge is -2.34. The first kappa shape index (κ1) is 23.7. The van der Waals surface area contributed by atoms with E-state index in [1.165, 1.54) is 11.1 Å². The molecule has 0 aromatic heterocycles. The fourth-order valence-corrected chi connectivity index (χ4v) is 3.30. The van der Waals surface area contributed by atoms with Crippen LogP contribution in [0.3, 0.4) is 0 Å². The van der Waals surface area contributed by atoms with E-state index in [-0.39, 0.29) is 29.9 Å². The van der Waals surface area contributed by atoms with E-state index < -0.39 is 0 Å². The van der Waals surface area contributed by atoms with Crippen LogP contribution in [0.25, 0.3) is 0 Å². The number of guanidine groups is 1. The molecule has 1 fully saturated rings. The number of aliphatic imine (C=N–C) groups is 1. The minimum atomic E-state index is 0. The molecule has 152 valence electrons. The Labute approximate surface area is 180 Å². The molecule has 2 rings (SSSR count). The number of piperidine rings is 1. The monoisotopic (exact) mass is 488 g/mol. The molecule has 1 amide bonds. The van der Waals surface area contributed by atoms with Gasteiger partial charge in [0.25, 0.3) is 0 Å². The third-order valence-electron chi connectivity index (χ3n) is 4.90. The van der Waals surface area contributed by atoms with Crippen LogP contribution in [0.2, 0.25) is 0 Å². The topological polar surface area (TPSA) is 66.0 Å². The number of hydrogen-bond donors (Lipinski definition) is 2. The Morgan fingerprint density at radius 2 is 1.93 bits per heavy atom. The first-order valence-corrected chi connectivity index (χ1v) is 9.48. The lowest BCUT2D eigenvalue weighted by Crippen LogP contribution is -2.45. The molecular weight excluding hydrogens is 455 g/mol. The highest BCUT2D eigenvalue weighted by atomic mass is 127. The SMILES string of the molecule is CCOCc1ccccc1CNC(=NC)N1CCC(CC(=O)NC)CC1.I. The normalized spacial score (nSPS) is 15.2. The van der Waals surface area contributed by atoms with E-state index in [1.54, 1.807) is 7.05 Å². The van der Waals surface area contributed by atoms with E-state index in [4.69, 9.17) is 4.74 Å². The molecule has 2 N–H and O–H groups in total. The Balaban J connectivity index is 0.00000364. The molecule has 1 aromatic carbocycles. The molecule has 0 unspecified atom stereocenters. The van der Waals surface area contributed by atoms with E-state index in [1.807, 2.05) is 20.0 Å². The highest BCUT2D eigenvalue weighted by Gasteiger charge is 2.23. The zero-order valence-corrected chi connectivity index (χ0v) is 19.0. The summed E-state index contributed by atoms with van der Waals surface area (Å²) in [5.74, 6) is 1.53. The second-order valence-corrected chi connectivity index (χ2v) is 6.61. The molecule has 1 aliphatic rings. The second kappa shape index (κ2) is 12.9. The molecule has 27 heavy (non-hydrogen) atoms. The van der Waals surface area contributed by atoms with Gasteiger partial charge in [-0.25, -0.2) is 0 Å². The van der Waals surface area contributed by atoms with Crippen LogP contribution >= 0.6 is 24.0 Å². The number of amides is 1. The average Bonchev–Trinajstić information content (AvgIpc) is 2.68. The molecular formula is C20H33IN4O2. The number of halogens is 1. The third-order valence-corrected chi connectivity index (χ3v) is 4.90. The molecule has 1 heterocycles. The van der Waals surface area contributed by atoms with Gasteiger partial charge in [0.05, 0.1) is 6.61 Å². The van der Waals surface area contributed by atoms with Crippen LogP contribution in [0, 0.1) is 5.92 Å². The largest absolute Gasteiger partial charge is 0.377 e. The standard InChI is InChI=1S/C20H32N4O2.HI/c1-4-26-15-18-8-6-5-7-17(18)14-23-20(22-3)24-11-9-16(10-12-24)13-19(25)21-2;/h5-8,16H,4,9-15H2,1-3H3,(H,21,25)(H,22,23);1H. The van der Waals surface area contributed by atoms with Gasteiger partial charge in [-0.3, -0.25) is 9.79 Å². The number of ether oxygens (including phenoxy) is 1. The molecule has 0 saturated carbocycles. The third kappa shape index (κ3) is 7.65. The highest BCUT2D eigenvalue weighted by molar-refractivity contribution is 14.0. The Morgan fingerprint density at radius 3 is 2.52 bits per heavy atom. The van der Waals surface area contributed by atoms with Gasteiger partial charge in [0.1, 0.15) is 0 Å². The number of nitrogens with zero attached hydrogens (tertiary/aromatic N) is 2. The van der Waals surface area contributed by atoms with Gasteiger partial charge in [-0.05, 0) is 36.8 Å². The summed E-state index contributed by atoms with van der Waals surface area (Å²) in [6.45, 7) is 5.96. The summed E-state index contributed by atoms with van der Waals surface area (Å²) in [5.41, 5.74) is 2.44. The predicted molar refractivity (Wildman–Crippen MR) is 120 cm³/mol. The van der Waals surface area contributed by atoms with Gasteiger partial charge in [-0.15, -0.1) is 24.0 Å². The molecule has 0 aliphatic carbocycles. The van der Waals surface area contributed by atoms with Crippen molar-refractivity contribution in [2.24, 2.45) is 10.9 Å². The van der Waals surface area contributed by atoms with E-state index >= 15 is 0 Å². The highest BCUT2D eigenvalue weighted by Crippen LogP contribution is 2.20. The van der Waals surface area contributed by atoms with Crippen LogP contribution in [0.1, 0.15) is 37.3 Å². The van der Waals surface area contributed by atoms with Crippen LogP contribution in [0.5, 0.6) is 0 Å². The van der Waals surface area contributed by atoms with Gasteiger partial charge < -0.3 is 20.3 Å². The molecule has 0 spiro atoms. The second-order valence-electron chi connectivity index (χ2n) is 6.61. The summed E-state index contributed by atoms with van der Waals surface area (Å²) in [6.07, 6.45) is 2.67. The lowest BCUT2D eigenvalue weighted by atomic mass is 9.93. The molecule has 0 bridgehead atoms. The lowest BCUT2D eigenvalue weighted by molar-refractivity contribution is -0.121. The van der Waals surface area contributed by atoms with Crippen molar-refractivity contribution in [3.63, 3.8) is 0 Å². The van der Waals surface area contributed by atoms with Crippen molar-refractivity contribution in [3.8, 4) is 0 Å².